The summed E-state index contributed by atoms with van der Waals surface area (Å²) in [5.41, 5.74) is 14.7. The highest BCUT2D eigenvalue weighted by Gasteiger charge is 2.21. The van der Waals surface area contributed by atoms with Crippen LogP contribution in [0.3, 0.4) is 0 Å². The summed E-state index contributed by atoms with van der Waals surface area (Å²) in [7, 11) is 0. The van der Waals surface area contributed by atoms with Crippen LogP contribution >= 0.6 is 0 Å². The molecule has 0 aliphatic heterocycles. The molecular weight excluding hydrogens is 705 g/mol. The largest absolute Gasteiger partial charge is 0.309 e. The van der Waals surface area contributed by atoms with Gasteiger partial charge >= 0.3 is 0 Å². The minimum atomic E-state index is 0.844. The molecule has 0 radical (unpaired) electrons. The molecule has 0 spiro atoms. The number of nitrogens with zero attached hydrogens (tertiary/aromatic N) is 4. The van der Waals surface area contributed by atoms with Crippen molar-refractivity contribution < 1.29 is 0 Å². The molecule has 12 rings (SSSR count). The highest BCUT2D eigenvalue weighted by molar-refractivity contribution is 6.23. The van der Waals surface area contributed by atoms with Gasteiger partial charge in [0, 0.05) is 49.4 Å². The van der Waals surface area contributed by atoms with Crippen molar-refractivity contribution >= 4 is 65.4 Å². The fourth-order valence-corrected chi connectivity index (χ4v) is 8.99. The quantitative estimate of drug-likeness (QED) is 0.176. The summed E-state index contributed by atoms with van der Waals surface area (Å²) >= 11 is 0. The van der Waals surface area contributed by atoms with Gasteiger partial charge in [-0.2, -0.15) is 0 Å². The van der Waals surface area contributed by atoms with Gasteiger partial charge in [-0.3, -0.25) is 0 Å². The van der Waals surface area contributed by atoms with Gasteiger partial charge in [-0.25, -0.2) is 9.97 Å². The van der Waals surface area contributed by atoms with E-state index >= 15 is 0 Å². The van der Waals surface area contributed by atoms with Gasteiger partial charge in [-0.15, -0.1) is 0 Å². The van der Waals surface area contributed by atoms with E-state index in [1.165, 1.54) is 54.5 Å². The Balaban J connectivity index is 1.11. The van der Waals surface area contributed by atoms with E-state index in [9.17, 15) is 0 Å². The number of para-hydroxylation sites is 2. The molecule has 0 bridgehead atoms. The number of rotatable bonds is 5. The highest BCUT2D eigenvalue weighted by atomic mass is 15.0. The predicted octanol–water partition coefficient (Wildman–Crippen LogP) is 14.0. The average Bonchev–Trinajstić information content (AvgIpc) is 3.81. The van der Waals surface area contributed by atoms with E-state index < -0.39 is 0 Å². The Bertz CT molecular complexity index is 3530. The topological polar surface area (TPSA) is 35.6 Å². The van der Waals surface area contributed by atoms with Crippen LogP contribution in [0.2, 0.25) is 0 Å². The van der Waals surface area contributed by atoms with Crippen molar-refractivity contribution in [2.75, 3.05) is 0 Å². The van der Waals surface area contributed by atoms with E-state index in [0.29, 0.717) is 0 Å². The van der Waals surface area contributed by atoms with Crippen LogP contribution < -0.4 is 0 Å². The molecule has 0 saturated heterocycles. The second kappa shape index (κ2) is 12.9. The molecule has 0 N–H and O–H groups in total. The van der Waals surface area contributed by atoms with Gasteiger partial charge in [0.25, 0.3) is 0 Å². The molecule has 270 valence electrons. The zero-order valence-corrected chi connectivity index (χ0v) is 31.4. The van der Waals surface area contributed by atoms with Crippen LogP contribution in [0.4, 0.5) is 0 Å². The minimum absolute atomic E-state index is 0.844. The maximum Gasteiger partial charge on any atom is 0.0973 e. The summed E-state index contributed by atoms with van der Waals surface area (Å²) in [6.07, 6.45) is 0. The monoisotopic (exact) mass is 738 g/mol. The molecule has 4 nitrogen and oxygen atoms in total. The fraction of sp³-hybridized carbons (Fsp3) is 0. The molecule has 0 fully saturated rings. The van der Waals surface area contributed by atoms with E-state index in [4.69, 9.17) is 9.97 Å². The first-order valence-electron chi connectivity index (χ1n) is 19.7. The van der Waals surface area contributed by atoms with Crippen LogP contribution in [-0.4, -0.2) is 19.1 Å². The molecule has 4 heteroatoms. The number of hydrogen-bond acceptors (Lipinski definition) is 2. The number of hydrogen-bond donors (Lipinski definition) is 0. The minimum Gasteiger partial charge on any atom is -0.309 e. The third-order valence-corrected chi connectivity index (χ3v) is 11.7. The maximum absolute atomic E-state index is 5.44. The van der Waals surface area contributed by atoms with Gasteiger partial charge in [0.1, 0.15) is 0 Å². The van der Waals surface area contributed by atoms with Gasteiger partial charge < -0.3 is 9.13 Å². The Hall–Kier alpha value is -7.82. The normalized spacial score (nSPS) is 11.8. The summed E-state index contributed by atoms with van der Waals surface area (Å²) in [6.45, 7) is 0. The Kier molecular flexibility index (Phi) is 7.20. The van der Waals surface area contributed by atoms with Gasteiger partial charge in [0.15, 0.2) is 0 Å². The van der Waals surface area contributed by atoms with Gasteiger partial charge in [-0.1, -0.05) is 158 Å². The lowest BCUT2D eigenvalue weighted by molar-refractivity contribution is 1.17. The third-order valence-electron chi connectivity index (χ3n) is 11.7. The first-order valence-corrected chi connectivity index (χ1v) is 19.7. The van der Waals surface area contributed by atoms with Crippen LogP contribution in [0.5, 0.6) is 0 Å². The lowest BCUT2D eigenvalue weighted by atomic mass is 10.00. The summed E-state index contributed by atoms with van der Waals surface area (Å²) in [5.74, 6) is 0. The van der Waals surface area contributed by atoms with Gasteiger partial charge in [-0.05, 0) is 65.0 Å². The van der Waals surface area contributed by atoms with Crippen LogP contribution in [0.1, 0.15) is 0 Å². The van der Waals surface area contributed by atoms with Crippen molar-refractivity contribution in [3.05, 3.63) is 206 Å². The Morgan fingerprint density at radius 3 is 1.64 bits per heavy atom. The van der Waals surface area contributed by atoms with Crippen LogP contribution in [0.25, 0.3) is 110 Å². The summed E-state index contributed by atoms with van der Waals surface area (Å²) in [5, 5.41) is 7.38. The molecule has 0 atom stereocenters. The van der Waals surface area contributed by atoms with E-state index in [-0.39, 0.29) is 0 Å². The molecule has 12 aromatic rings. The maximum atomic E-state index is 5.44. The third kappa shape index (κ3) is 5.02. The fourth-order valence-electron chi connectivity index (χ4n) is 8.99. The van der Waals surface area contributed by atoms with Crippen LogP contribution in [-0.2, 0) is 0 Å². The predicted molar refractivity (Wildman–Crippen MR) is 242 cm³/mol. The zero-order chi connectivity index (χ0) is 38.2. The van der Waals surface area contributed by atoms with Crippen molar-refractivity contribution in [3.8, 4) is 45.0 Å². The molecule has 0 amide bonds. The molecule has 0 aliphatic rings. The van der Waals surface area contributed by atoms with Crippen molar-refractivity contribution in [2.24, 2.45) is 0 Å². The van der Waals surface area contributed by atoms with Gasteiger partial charge in [0.05, 0.1) is 44.5 Å². The Morgan fingerprint density at radius 1 is 0.293 bits per heavy atom. The van der Waals surface area contributed by atoms with E-state index in [0.717, 1.165) is 56.0 Å². The van der Waals surface area contributed by atoms with Crippen molar-refractivity contribution in [3.63, 3.8) is 0 Å². The Labute approximate surface area is 334 Å². The lowest BCUT2D eigenvalue weighted by Gasteiger charge is -2.14. The molecule has 3 aromatic heterocycles. The first kappa shape index (κ1) is 32.4. The molecule has 0 saturated carbocycles. The first-order chi connectivity index (χ1) is 28.8. The average molecular weight is 739 g/mol. The molecule has 3 heterocycles. The van der Waals surface area contributed by atoms with E-state index in [1.807, 2.05) is 6.07 Å². The second-order valence-corrected chi connectivity index (χ2v) is 15.0. The summed E-state index contributed by atoms with van der Waals surface area (Å²) in [4.78, 5) is 10.7. The summed E-state index contributed by atoms with van der Waals surface area (Å²) in [6, 6.07) is 73.6. The number of fused-ring (bicyclic) bond motifs is 9. The van der Waals surface area contributed by atoms with Crippen LogP contribution in [0.15, 0.2) is 206 Å². The summed E-state index contributed by atoms with van der Waals surface area (Å²) < 4.78 is 4.84. The molecule has 9 aromatic carbocycles. The lowest BCUT2D eigenvalue weighted by Crippen LogP contribution is -1.99. The van der Waals surface area contributed by atoms with Crippen molar-refractivity contribution in [1.82, 2.24) is 19.1 Å². The molecule has 0 aliphatic carbocycles. The molecular formula is C54H34N4. The second-order valence-electron chi connectivity index (χ2n) is 15.0. The molecule has 0 unspecified atom stereocenters. The molecule has 58 heavy (non-hydrogen) atoms. The zero-order valence-electron chi connectivity index (χ0n) is 31.4. The number of aromatic nitrogens is 4. The SMILES string of the molecule is c1ccc(-c2ccc(-c3nc4cc(-n5c6ccccc6c6cc7c8ccc9ccccc9c8n(-c8ccccc8)c7cc65)ccc4nc3-c3ccccc3)cc2)cc1. The van der Waals surface area contributed by atoms with Crippen molar-refractivity contribution in [2.45, 2.75) is 0 Å². The van der Waals surface area contributed by atoms with Crippen molar-refractivity contribution in [1.29, 1.82) is 0 Å². The standard InChI is InChI=1S/C54H34N4/c1-4-14-35(15-5-1)36-24-26-39(27-25-36)53-52(38-17-6-2-7-18-38)55-47-31-29-41(32-48(47)56-53)57-49-23-13-12-22-43(49)45-33-46-44-30-28-37-16-10-11-21-42(37)54(44)58(51(46)34-50(45)57)40-19-8-3-9-20-40/h1-34H. The van der Waals surface area contributed by atoms with Crippen LogP contribution in [0, 0.1) is 0 Å². The van der Waals surface area contributed by atoms with E-state index in [1.54, 1.807) is 0 Å². The van der Waals surface area contributed by atoms with Gasteiger partial charge in [0.2, 0.25) is 0 Å². The number of benzene rings is 9. The smallest absolute Gasteiger partial charge is 0.0973 e. The Morgan fingerprint density at radius 2 is 0.862 bits per heavy atom. The highest BCUT2D eigenvalue weighted by Crippen LogP contribution is 2.42. The van der Waals surface area contributed by atoms with E-state index in [2.05, 4.69) is 209 Å².